The Balaban J connectivity index is 2.35. The molecule has 0 radical (unpaired) electrons. The molecule has 6 heteroatoms. The molecule has 2 unspecified atom stereocenters. The molecule has 0 saturated carbocycles. The SMILES string of the molecule is CCCNC(=O)CN(C)C(=O)C1CC(OC)CN1. The fourth-order valence-corrected chi connectivity index (χ4v) is 1.95. The Morgan fingerprint density at radius 1 is 1.50 bits per heavy atom. The van der Waals surface area contributed by atoms with Gasteiger partial charge in [-0.15, -0.1) is 0 Å². The van der Waals surface area contributed by atoms with Gasteiger partial charge in [0.2, 0.25) is 11.8 Å². The molecule has 1 aliphatic heterocycles. The minimum absolute atomic E-state index is 0.0544. The lowest BCUT2D eigenvalue weighted by Gasteiger charge is -2.20. The van der Waals surface area contributed by atoms with E-state index in [-0.39, 0.29) is 30.5 Å². The molecule has 1 heterocycles. The molecule has 104 valence electrons. The fraction of sp³-hybridized carbons (Fsp3) is 0.833. The van der Waals surface area contributed by atoms with Gasteiger partial charge in [0.05, 0.1) is 18.7 Å². The van der Waals surface area contributed by atoms with E-state index >= 15 is 0 Å². The van der Waals surface area contributed by atoms with Crippen molar-refractivity contribution in [2.24, 2.45) is 0 Å². The number of rotatable bonds is 6. The molecule has 18 heavy (non-hydrogen) atoms. The van der Waals surface area contributed by atoms with Gasteiger partial charge in [0.25, 0.3) is 0 Å². The molecule has 6 nitrogen and oxygen atoms in total. The zero-order valence-electron chi connectivity index (χ0n) is 11.4. The number of amides is 2. The highest BCUT2D eigenvalue weighted by molar-refractivity contribution is 5.87. The predicted molar refractivity (Wildman–Crippen MR) is 68.1 cm³/mol. The number of ether oxygens (including phenoxy) is 1. The molecule has 0 aromatic heterocycles. The monoisotopic (exact) mass is 257 g/mol. The first kappa shape index (κ1) is 14.9. The zero-order valence-corrected chi connectivity index (χ0v) is 11.4. The predicted octanol–water partition coefficient (Wildman–Crippen LogP) is -0.652. The third kappa shape index (κ3) is 4.27. The zero-order chi connectivity index (χ0) is 13.5. The number of hydrogen-bond acceptors (Lipinski definition) is 4. The maximum atomic E-state index is 12.0. The van der Waals surface area contributed by atoms with E-state index in [4.69, 9.17) is 4.74 Å². The maximum absolute atomic E-state index is 12.0. The Hall–Kier alpha value is -1.14. The van der Waals surface area contributed by atoms with Crippen molar-refractivity contribution in [3.05, 3.63) is 0 Å². The van der Waals surface area contributed by atoms with Gasteiger partial charge in [0, 0.05) is 27.2 Å². The van der Waals surface area contributed by atoms with E-state index in [1.54, 1.807) is 14.2 Å². The Morgan fingerprint density at radius 3 is 2.78 bits per heavy atom. The van der Waals surface area contributed by atoms with Gasteiger partial charge in [0.1, 0.15) is 0 Å². The molecule has 0 aromatic rings. The average Bonchev–Trinajstić information content (AvgIpc) is 2.83. The normalized spacial score (nSPS) is 22.8. The van der Waals surface area contributed by atoms with Crippen LogP contribution >= 0.6 is 0 Å². The first-order valence-electron chi connectivity index (χ1n) is 6.36. The molecule has 0 bridgehead atoms. The van der Waals surface area contributed by atoms with E-state index in [0.29, 0.717) is 19.5 Å². The molecule has 2 atom stereocenters. The average molecular weight is 257 g/mol. The Morgan fingerprint density at radius 2 is 2.22 bits per heavy atom. The molecule has 2 amide bonds. The largest absolute Gasteiger partial charge is 0.380 e. The van der Waals surface area contributed by atoms with Crippen molar-refractivity contribution in [3.8, 4) is 0 Å². The van der Waals surface area contributed by atoms with Crippen LogP contribution in [0, 0.1) is 0 Å². The van der Waals surface area contributed by atoms with Crippen LogP contribution in [0.2, 0.25) is 0 Å². The van der Waals surface area contributed by atoms with E-state index in [2.05, 4.69) is 10.6 Å². The van der Waals surface area contributed by atoms with E-state index in [1.165, 1.54) is 4.90 Å². The summed E-state index contributed by atoms with van der Waals surface area (Å²) in [7, 11) is 3.29. The van der Waals surface area contributed by atoms with Crippen LogP contribution in [0.5, 0.6) is 0 Å². The first-order chi connectivity index (χ1) is 8.58. The van der Waals surface area contributed by atoms with Gasteiger partial charge >= 0.3 is 0 Å². The van der Waals surface area contributed by atoms with Crippen LogP contribution in [0.25, 0.3) is 0 Å². The van der Waals surface area contributed by atoms with Gasteiger partial charge in [0.15, 0.2) is 0 Å². The van der Waals surface area contributed by atoms with E-state index in [9.17, 15) is 9.59 Å². The Kier molecular flexibility index (Phi) is 6.07. The minimum Gasteiger partial charge on any atom is -0.380 e. The van der Waals surface area contributed by atoms with E-state index < -0.39 is 0 Å². The number of methoxy groups -OCH3 is 1. The number of likely N-dealkylation sites (N-methyl/N-ethyl adjacent to an activating group) is 1. The summed E-state index contributed by atoms with van der Waals surface area (Å²) in [5.41, 5.74) is 0. The second-order valence-corrected chi connectivity index (χ2v) is 4.60. The molecule has 0 aliphatic carbocycles. The van der Waals surface area contributed by atoms with Crippen molar-refractivity contribution in [1.29, 1.82) is 0 Å². The minimum atomic E-state index is -0.237. The van der Waals surface area contributed by atoms with Crippen LogP contribution in [0.3, 0.4) is 0 Å². The summed E-state index contributed by atoms with van der Waals surface area (Å²) >= 11 is 0. The van der Waals surface area contributed by atoms with Crippen LogP contribution in [0.4, 0.5) is 0 Å². The lowest BCUT2D eigenvalue weighted by Crippen LogP contribution is -2.45. The highest BCUT2D eigenvalue weighted by Crippen LogP contribution is 2.11. The third-order valence-corrected chi connectivity index (χ3v) is 3.05. The van der Waals surface area contributed by atoms with Crippen molar-refractivity contribution in [1.82, 2.24) is 15.5 Å². The smallest absolute Gasteiger partial charge is 0.240 e. The number of carbonyl (C=O) groups is 2. The number of nitrogens with zero attached hydrogens (tertiary/aromatic N) is 1. The van der Waals surface area contributed by atoms with Gasteiger partial charge in [-0.2, -0.15) is 0 Å². The molecule has 0 aromatic carbocycles. The highest BCUT2D eigenvalue weighted by atomic mass is 16.5. The molecule has 1 saturated heterocycles. The Labute approximate surface area is 108 Å². The molecule has 1 aliphatic rings. The summed E-state index contributed by atoms with van der Waals surface area (Å²) in [5.74, 6) is -0.171. The van der Waals surface area contributed by atoms with Crippen molar-refractivity contribution in [2.75, 3.05) is 33.8 Å². The molecular formula is C12H23N3O3. The van der Waals surface area contributed by atoms with Crippen molar-refractivity contribution < 1.29 is 14.3 Å². The summed E-state index contributed by atoms with van der Waals surface area (Å²) in [6, 6.07) is -0.237. The third-order valence-electron chi connectivity index (χ3n) is 3.05. The van der Waals surface area contributed by atoms with Crippen molar-refractivity contribution in [3.63, 3.8) is 0 Å². The summed E-state index contributed by atoms with van der Waals surface area (Å²) in [4.78, 5) is 25.0. The van der Waals surface area contributed by atoms with Gasteiger partial charge in [-0.05, 0) is 12.8 Å². The van der Waals surface area contributed by atoms with Crippen molar-refractivity contribution in [2.45, 2.75) is 31.9 Å². The second-order valence-electron chi connectivity index (χ2n) is 4.60. The number of carbonyl (C=O) groups excluding carboxylic acids is 2. The summed E-state index contributed by atoms with van der Waals surface area (Å²) in [5, 5.41) is 5.86. The van der Waals surface area contributed by atoms with Crippen LogP contribution in [-0.2, 0) is 14.3 Å². The van der Waals surface area contributed by atoms with Gasteiger partial charge in [-0.3, -0.25) is 9.59 Å². The second kappa shape index (κ2) is 7.33. The van der Waals surface area contributed by atoms with Gasteiger partial charge in [-0.25, -0.2) is 0 Å². The van der Waals surface area contributed by atoms with E-state index in [0.717, 1.165) is 6.42 Å². The van der Waals surface area contributed by atoms with Crippen LogP contribution in [0.1, 0.15) is 19.8 Å². The first-order valence-corrected chi connectivity index (χ1v) is 6.36. The molecule has 1 fully saturated rings. The topological polar surface area (TPSA) is 70.7 Å². The van der Waals surface area contributed by atoms with Crippen LogP contribution in [0.15, 0.2) is 0 Å². The Bertz CT molecular complexity index is 296. The van der Waals surface area contributed by atoms with Crippen LogP contribution < -0.4 is 10.6 Å². The number of hydrogen-bond donors (Lipinski definition) is 2. The lowest BCUT2D eigenvalue weighted by molar-refractivity contribution is -0.136. The van der Waals surface area contributed by atoms with Gasteiger partial charge < -0.3 is 20.3 Å². The molecular weight excluding hydrogens is 234 g/mol. The molecule has 2 N–H and O–H groups in total. The quantitative estimate of drug-likeness (QED) is 0.663. The molecule has 0 spiro atoms. The highest BCUT2D eigenvalue weighted by Gasteiger charge is 2.31. The van der Waals surface area contributed by atoms with Crippen molar-refractivity contribution >= 4 is 11.8 Å². The summed E-state index contributed by atoms with van der Waals surface area (Å²) < 4.78 is 5.19. The fourth-order valence-electron chi connectivity index (χ4n) is 1.95. The number of nitrogens with one attached hydrogen (secondary N) is 2. The summed E-state index contributed by atoms with van der Waals surface area (Å²) in [6.07, 6.45) is 1.64. The standard InChI is InChI=1S/C12H23N3O3/c1-4-5-13-11(16)8-15(2)12(17)10-6-9(18-3)7-14-10/h9-10,14H,4-8H2,1-3H3,(H,13,16). The van der Waals surface area contributed by atoms with Gasteiger partial charge in [-0.1, -0.05) is 6.92 Å². The summed E-state index contributed by atoms with van der Waals surface area (Å²) in [6.45, 7) is 3.42. The van der Waals surface area contributed by atoms with E-state index in [1.807, 2.05) is 6.92 Å². The van der Waals surface area contributed by atoms with Crippen LogP contribution in [-0.4, -0.2) is 62.7 Å². The maximum Gasteiger partial charge on any atom is 0.240 e. The molecule has 1 rings (SSSR count). The lowest BCUT2D eigenvalue weighted by atomic mass is 10.2.